The Morgan fingerprint density at radius 3 is 2.29 bits per heavy atom. The van der Waals surface area contributed by atoms with Gasteiger partial charge < -0.3 is 4.74 Å². The number of hydrogen-bond donors (Lipinski definition) is 0. The standard InChI is InChI=1S/C19H19NO3S/c1-14-8-10-15(11-9-14)17-18(19(17,12-20)13-23-2)24(21,22)16-6-4-3-5-7-16/h3-11,17-18H,13H2,1-2H3/t17-,18-,19-/m0/s1. The Balaban J connectivity index is 2.08. The van der Waals surface area contributed by atoms with E-state index in [-0.39, 0.29) is 17.4 Å². The number of aryl methyl sites for hydroxylation is 1. The van der Waals surface area contributed by atoms with Crippen LogP contribution in [-0.4, -0.2) is 27.4 Å². The van der Waals surface area contributed by atoms with E-state index >= 15 is 0 Å². The SMILES string of the molecule is COC[C@@]1(C#N)[C@@H](c2ccc(C)cc2)[C@@H]1S(=O)(=O)c1ccccc1. The van der Waals surface area contributed by atoms with Crippen LogP contribution in [0.3, 0.4) is 0 Å². The van der Waals surface area contributed by atoms with Crippen LogP contribution < -0.4 is 0 Å². The molecule has 0 spiro atoms. The highest BCUT2D eigenvalue weighted by Crippen LogP contribution is 2.63. The van der Waals surface area contributed by atoms with Crippen molar-refractivity contribution in [1.82, 2.24) is 0 Å². The molecule has 0 radical (unpaired) electrons. The highest BCUT2D eigenvalue weighted by molar-refractivity contribution is 7.92. The fraction of sp³-hybridized carbons (Fsp3) is 0.316. The third-order valence-electron chi connectivity index (χ3n) is 4.69. The molecular weight excluding hydrogens is 322 g/mol. The molecule has 1 fully saturated rings. The van der Waals surface area contributed by atoms with E-state index in [4.69, 9.17) is 4.74 Å². The van der Waals surface area contributed by atoms with Crippen LogP contribution in [0.15, 0.2) is 59.5 Å². The Kier molecular flexibility index (Phi) is 4.20. The predicted molar refractivity (Wildman–Crippen MR) is 91.3 cm³/mol. The van der Waals surface area contributed by atoms with Gasteiger partial charge in [0, 0.05) is 13.0 Å². The topological polar surface area (TPSA) is 67.2 Å². The maximum Gasteiger partial charge on any atom is 0.183 e. The highest BCUT2D eigenvalue weighted by Gasteiger charge is 2.72. The second-order valence-electron chi connectivity index (χ2n) is 6.25. The van der Waals surface area contributed by atoms with Crippen molar-refractivity contribution in [3.63, 3.8) is 0 Å². The summed E-state index contributed by atoms with van der Waals surface area (Å²) in [6.45, 7) is 2.07. The maximum atomic E-state index is 13.1. The van der Waals surface area contributed by atoms with Gasteiger partial charge in [0.05, 0.1) is 22.8 Å². The van der Waals surface area contributed by atoms with E-state index in [0.29, 0.717) is 0 Å². The number of nitrogens with zero attached hydrogens (tertiary/aromatic N) is 1. The van der Waals surface area contributed by atoms with Crippen LogP contribution in [0.4, 0.5) is 0 Å². The lowest BCUT2D eigenvalue weighted by Crippen LogP contribution is -2.19. The summed E-state index contributed by atoms with van der Waals surface area (Å²) in [7, 11) is -2.12. The largest absolute Gasteiger partial charge is 0.383 e. The van der Waals surface area contributed by atoms with Crippen LogP contribution in [-0.2, 0) is 14.6 Å². The van der Waals surface area contributed by atoms with Crippen LogP contribution in [0.2, 0.25) is 0 Å². The van der Waals surface area contributed by atoms with E-state index in [9.17, 15) is 13.7 Å². The number of methoxy groups -OCH3 is 1. The molecule has 0 bridgehead atoms. The summed E-state index contributed by atoms with van der Waals surface area (Å²) in [5.41, 5.74) is 0.915. The van der Waals surface area contributed by atoms with Crippen LogP contribution >= 0.6 is 0 Å². The third-order valence-corrected chi connectivity index (χ3v) is 6.98. The van der Waals surface area contributed by atoms with Crippen LogP contribution in [0.5, 0.6) is 0 Å². The molecule has 0 heterocycles. The number of ether oxygens (including phenoxy) is 1. The molecule has 0 saturated heterocycles. The van der Waals surface area contributed by atoms with Crippen molar-refractivity contribution >= 4 is 9.84 Å². The Morgan fingerprint density at radius 1 is 1.12 bits per heavy atom. The van der Waals surface area contributed by atoms with E-state index in [1.54, 1.807) is 30.3 Å². The van der Waals surface area contributed by atoms with Crippen LogP contribution in [0.1, 0.15) is 17.0 Å². The van der Waals surface area contributed by atoms with Gasteiger partial charge in [0.1, 0.15) is 5.41 Å². The molecule has 0 N–H and O–H groups in total. The molecule has 5 heteroatoms. The second-order valence-corrected chi connectivity index (χ2v) is 8.32. The molecule has 0 amide bonds. The lowest BCUT2D eigenvalue weighted by molar-refractivity contribution is 0.162. The van der Waals surface area contributed by atoms with Gasteiger partial charge in [0.25, 0.3) is 0 Å². The van der Waals surface area contributed by atoms with Crippen molar-refractivity contribution in [1.29, 1.82) is 5.26 Å². The predicted octanol–water partition coefficient (Wildman–Crippen LogP) is 3.09. The van der Waals surface area contributed by atoms with Gasteiger partial charge in [-0.25, -0.2) is 8.42 Å². The molecule has 0 aliphatic heterocycles. The first-order valence-electron chi connectivity index (χ1n) is 7.73. The van der Waals surface area contributed by atoms with E-state index in [2.05, 4.69) is 6.07 Å². The van der Waals surface area contributed by atoms with E-state index in [0.717, 1.165) is 11.1 Å². The molecule has 2 aromatic carbocycles. The Labute approximate surface area is 142 Å². The van der Waals surface area contributed by atoms with Gasteiger partial charge >= 0.3 is 0 Å². The number of nitriles is 1. The molecule has 3 rings (SSSR count). The van der Waals surface area contributed by atoms with Crippen molar-refractivity contribution in [3.8, 4) is 6.07 Å². The monoisotopic (exact) mass is 341 g/mol. The quantitative estimate of drug-likeness (QED) is 0.838. The summed E-state index contributed by atoms with van der Waals surface area (Å²) < 4.78 is 31.4. The van der Waals surface area contributed by atoms with Gasteiger partial charge in [0.2, 0.25) is 0 Å². The van der Waals surface area contributed by atoms with E-state index in [1.165, 1.54) is 7.11 Å². The zero-order valence-corrected chi connectivity index (χ0v) is 14.5. The summed E-state index contributed by atoms with van der Waals surface area (Å²) in [5.74, 6) is -0.381. The number of rotatable bonds is 5. The Morgan fingerprint density at radius 2 is 1.75 bits per heavy atom. The molecule has 3 atom stereocenters. The van der Waals surface area contributed by atoms with Crippen molar-refractivity contribution in [3.05, 3.63) is 65.7 Å². The summed E-state index contributed by atoms with van der Waals surface area (Å²) >= 11 is 0. The first kappa shape index (κ1) is 16.7. The minimum Gasteiger partial charge on any atom is -0.383 e. The molecule has 1 aliphatic rings. The Bertz CT molecular complexity index is 869. The fourth-order valence-corrected chi connectivity index (χ4v) is 5.77. The average Bonchev–Trinajstić information content (AvgIpc) is 3.26. The molecule has 2 aromatic rings. The van der Waals surface area contributed by atoms with Crippen LogP contribution in [0.25, 0.3) is 0 Å². The first-order valence-corrected chi connectivity index (χ1v) is 9.27. The van der Waals surface area contributed by atoms with E-state index < -0.39 is 20.5 Å². The normalized spacial score (nSPS) is 25.9. The third kappa shape index (κ3) is 2.52. The molecule has 1 saturated carbocycles. The molecule has 0 unspecified atom stereocenters. The summed E-state index contributed by atoms with van der Waals surface area (Å²) in [6, 6.07) is 18.2. The van der Waals surface area contributed by atoms with Crippen LogP contribution in [0, 0.1) is 23.7 Å². The molecular formula is C19H19NO3S. The van der Waals surface area contributed by atoms with Crippen molar-refractivity contribution < 1.29 is 13.2 Å². The molecule has 0 aromatic heterocycles. The minimum absolute atomic E-state index is 0.0960. The number of hydrogen-bond acceptors (Lipinski definition) is 4. The average molecular weight is 341 g/mol. The van der Waals surface area contributed by atoms with Gasteiger partial charge in [-0.05, 0) is 24.6 Å². The van der Waals surface area contributed by atoms with Gasteiger partial charge in [-0.15, -0.1) is 0 Å². The molecule has 124 valence electrons. The number of benzene rings is 2. The summed E-state index contributed by atoms with van der Waals surface area (Å²) in [6.07, 6.45) is 0. The first-order chi connectivity index (χ1) is 11.5. The zero-order valence-electron chi connectivity index (χ0n) is 13.6. The summed E-state index contributed by atoms with van der Waals surface area (Å²) in [5, 5.41) is 8.97. The van der Waals surface area contributed by atoms with E-state index in [1.807, 2.05) is 31.2 Å². The van der Waals surface area contributed by atoms with Gasteiger partial charge in [-0.3, -0.25) is 0 Å². The minimum atomic E-state index is -3.62. The van der Waals surface area contributed by atoms with Crippen molar-refractivity contribution in [2.24, 2.45) is 5.41 Å². The lowest BCUT2D eigenvalue weighted by atomic mass is 10.0. The molecule has 24 heavy (non-hydrogen) atoms. The zero-order chi connectivity index (χ0) is 17.4. The second kappa shape index (κ2) is 6.04. The highest BCUT2D eigenvalue weighted by atomic mass is 32.2. The smallest absolute Gasteiger partial charge is 0.183 e. The fourth-order valence-electron chi connectivity index (χ4n) is 3.44. The number of sulfone groups is 1. The van der Waals surface area contributed by atoms with Crippen molar-refractivity contribution in [2.45, 2.75) is 23.0 Å². The maximum absolute atomic E-state index is 13.1. The molecule has 4 nitrogen and oxygen atoms in total. The lowest BCUT2D eigenvalue weighted by Gasteiger charge is -2.08. The summed E-state index contributed by atoms with van der Waals surface area (Å²) in [4.78, 5) is 0.250. The van der Waals surface area contributed by atoms with Gasteiger partial charge in [0.15, 0.2) is 9.84 Å². The van der Waals surface area contributed by atoms with Gasteiger partial charge in [-0.1, -0.05) is 48.0 Å². The van der Waals surface area contributed by atoms with Gasteiger partial charge in [-0.2, -0.15) is 5.26 Å². The molecule has 1 aliphatic carbocycles. The Hall–Kier alpha value is -2.16. The van der Waals surface area contributed by atoms with Crippen molar-refractivity contribution in [2.75, 3.05) is 13.7 Å².